The van der Waals surface area contributed by atoms with E-state index in [1.54, 1.807) is 6.92 Å². The molecule has 0 amide bonds. The van der Waals surface area contributed by atoms with Gasteiger partial charge < -0.3 is 10.8 Å². The van der Waals surface area contributed by atoms with Crippen LogP contribution < -0.4 is 5.73 Å². The van der Waals surface area contributed by atoms with Crippen LogP contribution in [0.5, 0.6) is 0 Å². The van der Waals surface area contributed by atoms with Crippen LogP contribution in [0.2, 0.25) is 5.02 Å². The molecular weight excluding hydrogens is 245 g/mol. The minimum atomic E-state index is -0.967. The molecule has 1 atom stereocenters. The normalized spacial score (nSPS) is 18.8. The minimum Gasteiger partial charge on any atom is -0.481 e. The highest BCUT2D eigenvalue weighted by Gasteiger charge is 2.55. The Morgan fingerprint density at radius 3 is 2.65 bits per heavy atom. The maximum Gasteiger partial charge on any atom is 0.311 e. The van der Waals surface area contributed by atoms with E-state index in [1.807, 2.05) is 0 Å². The van der Waals surface area contributed by atoms with Crippen LogP contribution in [0.3, 0.4) is 0 Å². The second-order valence-corrected chi connectivity index (χ2v) is 4.97. The Hall–Kier alpha value is -1.13. The molecule has 1 aliphatic rings. The number of rotatable bonds is 3. The molecule has 2 rings (SSSR count). The van der Waals surface area contributed by atoms with E-state index >= 15 is 0 Å². The van der Waals surface area contributed by atoms with E-state index in [0.29, 0.717) is 29.0 Å². The molecule has 0 spiro atoms. The number of aryl methyl sites for hydroxylation is 1. The van der Waals surface area contributed by atoms with Crippen LogP contribution >= 0.6 is 11.6 Å². The zero-order valence-electron chi connectivity index (χ0n) is 9.34. The first kappa shape index (κ1) is 12.3. The van der Waals surface area contributed by atoms with E-state index in [-0.39, 0.29) is 0 Å². The van der Waals surface area contributed by atoms with E-state index < -0.39 is 23.2 Å². The van der Waals surface area contributed by atoms with Gasteiger partial charge in [0.25, 0.3) is 0 Å². The zero-order valence-corrected chi connectivity index (χ0v) is 10.1. The molecule has 1 fully saturated rings. The number of halogens is 2. The molecular formula is C12H13ClFNO2. The predicted molar refractivity (Wildman–Crippen MR) is 62.4 cm³/mol. The van der Waals surface area contributed by atoms with Crippen molar-refractivity contribution in [3.05, 3.63) is 34.1 Å². The summed E-state index contributed by atoms with van der Waals surface area (Å²) in [6.07, 6.45) is 1.02. The van der Waals surface area contributed by atoms with Crippen molar-refractivity contribution < 1.29 is 14.3 Å². The molecule has 1 aliphatic carbocycles. The Bertz CT molecular complexity index is 486. The fraction of sp³-hybridized carbons (Fsp3) is 0.417. The summed E-state index contributed by atoms with van der Waals surface area (Å²) in [5.74, 6) is -1.36. The number of carbonyl (C=O) groups is 1. The molecule has 1 aromatic rings. The lowest BCUT2D eigenvalue weighted by Crippen LogP contribution is -2.30. The minimum absolute atomic E-state index is 0.323. The Labute approximate surface area is 103 Å². The summed E-state index contributed by atoms with van der Waals surface area (Å²) in [6, 6.07) is 1.96. The van der Waals surface area contributed by atoms with Crippen molar-refractivity contribution >= 4 is 17.6 Å². The molecule has 1 saturated carbocycles. The van der Waals surface area contributed by atoms with Gasteiger partial charge in [-0.1, -0.05) is 11.6 Å². The number of nitrogens with two attached hydrogens (primary N) is 1. The first-order valence-corrected chi connectivity index (χ1v) is 5.71. The number of aliphatic carboxylic acids is 1. The highest BCUT2D eigenvalue weighted by Crippen LogP contribution is 2.55. The fourth-order valence-corrected chi connectivity index (χ4v) is 2.33. The van der Waals surface area contributed by atoms with Gasteiger partial charge >= 0.3 is 5.97 Å². The SMILES string of the molecule is Cc1cc(Cl)c(C(N)C2(C(=O)O)CC2)cc1F. The van der Waals surface area contributed by atoms with Crippen molar-refractivity contribution in [3.63, 3.8) is 0 Å². The van der Waals surface area contributed by atoms with Gasteiger partial charge in [-0.3, -0.25) is 4.79 Å². The van der Waals surface area contributed by atoms with Crippen LogP contribution in [0.1, 0.15) is 30.0 Å². The Morgan fingerprint density at radius 2 is 2.18 bits per heavy atom. The molecule has 3 nitrogen and oxygen atoms in total. The zero-order chi connectivity index (χ0) is 12.8. The second-order valence-electron chi connectivity index (χ2n) is 4.56. The van der Waals surface area contributed by atoms with Crippen molar-refractivity contribution in [1.82, 2.24) is 0 Å². The van der Waals surface area contributed by atoms with Gasteiger partial charge in [0.15, 0.2) is 0 Å². The highest BCUT2D eigenvalue weighted by atomic mass is 35.5. The number of hydrogen-bond donors (Lipinski definition) is 2. The highest BCUT2D eigenvalue weighted by molar-refractivity contribution is 6.31. The average molecular weight is 258 g/mol. The molecule has 0 heterocycles. The van der Waals surface area contributed by atoms with Crippen LogP contribution in [-0.4, -0.2) is 11.1 Å². The number of benzene rings is 1. The third kappa shape index (κ3) is 1.91. The molecule has 92 valence electrons. The van der Waals surface area contributed by atoms with Gasteiger partial charge in [-0.25, -0.2) is 4.39 Å². The van der Waals surface area contributed by atoms with E-state index in [2.05, 4.69) is 0 Å². The lowest BCUT2D eigenvalue weighted by molar-refractivity contribution is -0.144. The van der Waals surface area contributed by atoms with E-state index in [4.69, 9.17) is 22.4 Å². The van der Waals surface area contributed by atoms with Crippen molar-refractivity contribution in [3.8, 4) is 0 Å². The molecule has 0 bridgehead atoms. The molecule has 0 aromatic heterocycles. The number of carboxylic acid groups (broad SMARTS) is 1. The molecule has 1 unspecified atom stereocenters. The summed E-state index contributed by atoms with van der Waals surface area (Å²) in [7, 11) is 0. The van der Waals surface area contributed by atoms with Crippen LogP contribution in [0.25, 0.3) is 0 Å². The van der Waals surface area contributed by atoms with Gasteiger partial charge in [0.1, 0.15) is 5.82 Å². The second kappa shape index (κ2) is 3.96. The lowest BCUT2D eigenvalue weighted by Gasteiger charge is -2.21. The first-order chi connectivity index (χ1) is 7.88. The van der Waals surface area contributed by atoms with Crippen LogP contribution in [-0.2, 0) is 4.79 Å². The smallest absolute Gasteiger partial charge is 0.311 e. The lowest BCUT2D eigenvalue weighted by atomic mass is 9.90. The molecule has 0 radical (unpaired) electrons. The van der Waals surface area contributed by atoms with E-state index in [1.165, 1.54) is 12.1 Å². The third-order valence-electron chi connectivity index (χ3n) is 3.42. The molecule has 0 aliphatic heterocycles. The predicted octanol–water partition coefficient (Wildman–Crippen LogP) is 2.65. The van der Waals surface area contributed by atoms with Gasteiger partial charge in [0.2, 0.25) is 0 Å². The molecule has 17 heavy (non-hydrogen) atoms. The Kier molecular flexibility index (Phi) is 2.87. The van der Waals surface area contributed by atoms with Crippen molar-refractivity contribution in [2.24, 2.45) is 11.1 Å². The van der Waals surface area contributed by atoms with Gasteiger partial charge in [-0.2, -0.15) is 0 Å². The van der Waals surface area contributed by atoms with E-state index in [9.17, 15) is 9.18 Å². The largest absolute Gasteiger partial charge is 0.481 e. The summed E-state index contributed by atoms with van der Waals surface area (Å²) in [4.78, 5) is 11.1. The van der Waals surface area contributed by atoms with Gasteiger partial charge in [-0.05, 0) is 43.0 Å². The fourth-order valence-electron chi connectivity index (χ4n) is 1.99. The summed E-state index contributed by atoms with van der Waals surface area (Å²) in [6.45, 7) is 1.60. The topological polar surface area (TPSA) is 63.3 Å². The Balaban J connectivity index is 2.41. The maximum atomic E-state index is 13.5. The van der Waals surface area contributed by atoms with Crippen molar-refractivity contribution in [2.45, 2.75) is 25.8 Å². The molecule has 5 heteroatoms. The van der Waals surface area contributed by atoms with Crippen LogP contribution in [0.15, 0.2) is 12.1 Å². The van der Waals surface area contributed by atoms with Gasteiger partial charge in [0, 0.05) is 11.1 Å². The maximum absolute atomic E-state index is 13.5. The summed E-state index contributed by atoms with van der Waals surface area (Å²) in [5.41, 5.74) is 5.75. The first-order valence-electron chi connectivity index (χ1n) is 5.33. The van der Waals surface area contributed by atoms with Crippen molar-refractivity contribution in [2.75, 3.05) is 0 Å². The standard InChI is InChI=1S/C12H13ClFNO2/c1-6-4-8(13)7(5-9(6)14)10(15)12(2-3-12)11(16)17/h4-5,10H,2-3,15H2,1H3,(H,16,17). The van der Waals surface area contributed by atoms with Gasteiger partial charge in [-0.15, -0.1) is 0 Å². The Morgan fingerprint density at radius 1 is 1.59 bits per heavy atom. The quantitative estimate of drug-likeness (QED) is 0.875. The number of hydrogen-bond acceptors (Lipinski definition) is 2. The average Bonchev–Trinajstić information content (AvgIpc) is 3.03. The van der Waals surface area contributed by atoms with E-state index in [0.717, 1.165) is 0 Å². The molecule has 0 saturated heterocycles. The summed E-state index contributed by atoms with van der Waals surface area (Å²) >= 11 is 6.00. The number of carboxylic acids is 1. The summed E-state index contributed by atoms with van der Waals surface area (Å²) in [5, 5.41) is 9.46. The monoisotopic (exact) mass is 257 g/mol. The third-order valence-corrected chi connectivity index (χ3v) is 3.75. The van der Waals surface area contributed by atoms with Gasteiger partial charge in [0.05, 0.1) is 5.41 Å². The molecule has 1 aromatic carbocycles. The molecule has 3 N–H and O–H groups in total. The summed E-state index contributed by atoms with van der Waals surface area (Å²) < 4.78 is 13.5. The van der Waals surface area contributed by atoms with Crippen molar-refractivity contribution in [1.29, 1.82) is 0 Å². The van der Waals surface area contributed by atoms with Crippen LogP contribution in [0, 0.1) is 18.2 Å². The van der Waals surface area contributed by atoms with Crippen LogP contribution in [0.4, 0.5) is 4.39 Å².